The SMILES string of the molecule is Nc1ncc(-c2ccc(C(F)(F)C(F)(F)F)cc2)o1. The number of nitrogens with zero attached hydrogens (tertiary/aromatic N) is 1. The van der Waals surface area contributed by atoms with Crippen molar-refractivity contribution in [3.05, 3.63) is 36.0 Å². The molecule has 2 N–H and O–H groups in total. The molecule has 0 unspecified atom stereocenters. The lowest BCUT2D eigenvalue weighted by atomic mass is 10.0. The van der Waals surface area contributed by atoms with E-state index in [9.17, 15) is 22.0 Å². The van der Waals surface area contributed by atoms with E-state index in [0.717, 1.165) is 12.1 Å². The van der Waals surface area contributed by atoms with Gasteiger partial charge < -0.3 is 10.2 Å². The van der Waals surface area contributed by atoms with Crippen molar-refractivity contribution < 1.29 is 26.4 Å². The van der Waals surface area contributed by atoms with Crippen molar-refractivity contribution in [1.82, 2.24) is 4.98 Å². The van der Waals surface area contributed by atoms with E-state index >= 15 is 0 Å². The molecule has 19 heavy (non-hydrogen) atoms. The van der Waals surface area contributed by atoms with Crippen LogP contribution in [0.15, 0.2) is 34.9 Å². The number of aromatic nitrogens is 1. The van der Waals surface area contributed by atoms with Crippen molar-refractivity contribution in [3.8, 4) is 11.3 Å². The molecule has 2 aromatic rings. The minimum atomic E-state index is -5.63. The van der Waals surface area contributed by atoms with Crippen LogP contribution in [0.1, 0.15) is 5.56 Å². The number of rotatable bonds is 2. The molecule has 0 bridgehead atoms. The number of nitrogen functional groups attached to an aromatic ring is 1. The topological polar surface area (TPSA) is 52.0 Å². The Morgan fingerprint density at radius 1 is 1.00 bits per heavy atom. The highest BCUT2D eigenvalue weighted by molar-refractivity contribution is 5.57. The summed E-state index contributed by atoms with van der Waals surface area (Å²) in [6.45, 7) is 0. The minimum Gasteiger partial charge on any atom is -0.424 e. The zero-order chi connectivity index (χ0) is 14.3. The van der Waals surface area contributed by atoms with Crippen LogP contribution in [0.2, 0.25) is 0 Å². The quantitative estimate of drug-likeness (QED) is 0.854. The van der Waals surface area contributed by atoms with Crippen molar-refractivity contribution in [2.24, 2.45) is 0 Å². The molecule has 1 aromatic heterocycles. The summed E-state index contributed by atoms with van der Waals surface area (Å²) in [5.74, 6) is -4.72. The predicted molar refractivity (Wildman–Crippen MR) is 56.3 cm³/mol. The molecule has 0 saturated carbocycles. The molecule has 1 heterocycles. The molecule has 0 spiro atoms. The van der Waals surface area contributed by atoms with Gasteiger partial charge in [-0.15, -0.1) is 0 Å². The fraction of sp³-hybridized carbons (Fsp3) is 0.182. The van der Waals surface area contributed by atoms with Gasteiger partial charge in [0.05, 0.1) is 6.20 Å². The number of anilines is 1. The molecule has 0 atom stereocenters. The van der Waals surface area contributed by atoms with Crippen molar-refractivity contribution in [2.45, 2.75) is 12.1 Å². The molecule has 2 rings (SSSR count). The third-order valence-electron chi connectivity index (χ3n) is 2.41. The van der Waals surface area contributed by atoms with Crippen molar-refractivity contribution in [3.63, 3.8) is 0 Å². The van der Waals surface area contributed by atoms with Crippen LogP contribution >= 0.6 is 0 Å². The van der Waals surface area contributed by atoms with Crippen LogP contribution in [-0.2, 0) is 5.92 Å². The highest BCUT2D eigenvalue weighted by Crippen LogP contribution is 2.44. The van der Waals surface area contributed by atoms with Crippen LogP contribution in [0.3, 0.4) is 0 Å². The third-order valence-corrected chi connectivity index (χ3v) is 2.41. The maximum absolute atomic E-state index is 13.0. The van der Waals surface area contributed by atoms with Crippen LogP contribution in [0, 0.1) is 0 Å². The Kier molecular flexibility index (Phi) is 2.95. The number of hydrogen-bond acceptors (Lipinski definition) is 3. The lowest BCUT2D eigenvalue weighted by molar-refractivity contribution is -0.289. The Morgan fingerprint density at radius 2 is 1.58 bits per heavy atom. The Balaban J connectivity index is 2.34. The lowest BCUT2D eigenvalue weighted by Crippen LogP contribution is -2.33. The fourth-order valence-corrected chi connectivity index (χ4v) is 1.43. The molecule has 8 heteroatoms. The molecule has 0 fully saturated rings. The van der Waals surface area contributed by atoms with Gasteiger partial charge in [-0.1, -0.05) is 24.3 Å². The number of halogens is 5. The van der Waals surface area contributed by atoms with E-state index in [0.29, 0.717) is 17.7 Å². The van der Waals surface area contributed by atoms with Crippen LogP contribution < -0.4 is 5.73 Å². The summed E-state index contributed by atoms with van der Waals surface area (Å²) >= 11 is 0. The lowest BCUT2D eigenvalue weighted by Gasteiger charge is -2.19. The minimum absolute atomic E-state index is 0.125. The Labute approximate surface area is 103 Å². The largest absolute Gasteiger partial charge is 0.458 e. The van der Waals surface area contributed by atoms with Crippen molar-refractivity contribution >= 4 is 6.01 Å². The summed E-state index contributed by atoms with van der Waals surface area (Å²) in [5.41, 5.74) is 4.38. The second kappa shape index (κ2) is 4.22. The average molecular weight is 278 g/mol. The van der Waals surface area contributed by atoms with Gasteiger partial charge in [-0.3, -0.25) is 0 Å². The van der Waals surface area contributed by atoms with Gasteiger partial charge in [0.2, 0.25) is 0 Å². The molecule has 0 aliphatic rings. The maximum atomic E-state index is 13.0. The molecule has 102 valence electrons. The van der Waals surface area contributed by atoms with E-state index in [-0.39, 0.29) is 11.8 Å². The van der Waals surface area contributed by atoms with Gasteiger partial charge in [0.25, 0.3) is 6.01 Å². The monoisotopic (exact) mass is 278 g/mol. The molecule has 0 aliphatic carbocycles. The molecule has 0 aliphatic heterocycles. The third kappa shape index (κ3) is 2.38. The summed E-state index contributed by atoms with van der Waals surface area (Å²) < 4.78 is 67.4. The number of nitrogens with two attached hydrogens (primary N) is 1. The van der Waals surface area contributed by atoms with Gasteiger partial charge in [0, 0.05) is 11.1 Å². The Morgan fingerprint density at radius 3 is 2.00 bits per heavy atom. The maximum Gasteiger partial charge on any atom is 0.458 e. The molecule has 3 nitrogen and oxygen atoms in total. The van der Waals surface area contributed by atoms with E-state index in [2.05, 4.69) is 4.98 Å². The average Bonchev–Trinajstić information content (AvgIpc) is 2.74. The normalized spacial score (nSPS) is 12.7. The summed E-state index contributed by atoms with van der Waals surface area (Å²) in [7, 11) is 0. The van der Waals surface area contributed by atoms with Gasteiger partial charge in [-0.05, 0) is 0 Å². The van der Waals surface area contributed by atoms with E-state index in [1.165, 1.54) is 6.20 Å². The van der Waals surface area contributed by atoms with E-state index < -0.39 is 17.7 Å². The summed E-state index contributed by atoms with van der Waals surface area (Å²) in [6.07, 6.45) is -4.39. The fourth-order valence-electron chi connectivity index (χ4n) is 1.43. The van der Waals surface area contributed by atoms with Gasteiger partial charge in [0.15, 0.2) is 5.76 Å². The van der Waals surface area contributed by atoms with Crippen LogP contribution in [0.4, 0.5) is 28.0 Å². The number of alkyl halides is 5. The van der Waals surface area contributed by atoms with Crippen molar-refractivity contribution in [2.75, 3.05) is 5.73 Å². The molecule has 0 amide bonds. The molecule has 0 radical (unpaired) electrons. The molecule has 0 saturated heterocycles. The first-order valence-corrected chi connectivity index (χ1v) is 4.98. The second-order valence-corrected chi connectivity index (χ2v) is 3.71. The zero-order valence-electron chi connectivity index (χ0n) is 9.21. The van der Waals surface area contributed by atoms with Gasteiger partial charge in [-0.25, -0.2) is 4.98 Å². The molecular formula is C11H7F5N2O. The first-order valence-electron chi connectivity index (χ1n) is 4.98. The number of hydrogen-bond donors (Lipinski definition) is 1. The standard InChI is InChI=1S/C11H7F5N2O/c12-10(13,11(14,15)16)7-3-1-6(2-4-7)8-5-18-9(17)19-8/h1-5H,(H2,17,18). The zero-order valence-corrected chi connectivity index (χ0v) is 9.21. The molecular weight excluding hydrogens is 271 g/mol. The first kappa shape index (κ1) is 13.3. The van der Waals surface area contributed by atoms with E-state index in [4.69, 9.17) is 10.2 Å². The summed E-state index contributed by atoms with van der Waals surface area (Å²) in [5, 5.41) is 0. The van der Waals surface area contributed by atoms with Gasteiger partial charge >= 0.3 is 12.1 Å². The summed E-state index contributed by atoms with van der Waals surface area (Å²) in [6, 6.07) is 3.40. The number of benzene rings is 1. The molecule has 1 aromatic carbocycles. The second-order valence-electron chi connectivity index (χ2n) is 3.71. The van der Waals surface area contributed by atoms with E-state index in [1.807, 2.05) is 0 Å². The Bertz CT molecular complexity index is 574. The van der Waals surface area contributed by atoms with Crippen LogP contribution in [-0.4, -0.2) is 11.2 Å². The highest BCUT2D eigenvalue weighted by atomic mass is 19.4. The van der Waals surface area contributed by atoms with Crippen molar-refractivity contribution in [1.29, 1.82) is 0 Å². The van der Waals surface area contributed by atoms with Crippen LogP contribution in [0.25, 0.3) is 11.3 Å². The summed E-state index contributed by atoms with van der Waals surface area (Å²) in [4.78, 5) is 3.59. The first-order chi connectivity index (χ1) is 8.72. The Hall–Kier alpha value is -2.12. The highest BCUT2D eigenvalue weighted by Gasteiger charge is 2.58. The van der Waals surface area contributed by atoms with Crippen LogP contribution in [0.5, 0.6) is 0 Å². The number of oxazole rings is 1. The van der Waals surface area contributed by atoms with E-state index in [1.54, 1.807) is 0 Å². The van der Waals surface area contributed by atoms with Gasteiger partial charge in [-0.2, -0.15) is 22.0 Å². The predicted octanol–water partition coefficient (Wildman–Crippen LogP) is 3.58. The smallest absolute Gasteiger partial charge is 0.424 e. The van der Waals surface area contributed by atoms with Gasteiger partial charge in [0.1, 0.15) is 0 Å².